The van der Waals surface area contributed by atoms with Crippen molar-refractivity contribution in [3.63, 3.8) is 0 Å². The molecule has 1 fully saturated rings. The lowest BCUT2D eigenvalue weighted by Crippen LogP contribution is -2.22. The minimum Gasteiger partial charge on any atom is -0.423 e. The molecule has 0 atom stereocenters. The van der Waals surface area contributed by atoms with E-state index in [4.69, 9.17) is 4.74 Å². The Bertz CT molecular complexity index is 628. The van der Waals surface area contributed by atoms with E-state index in [0.29, 0.717) is 11.3 Å². The molecule has 2 aromatic carbocycles. The van der Waals surface area contributed by atoms with Crippen molar-refractivity contribution in [3.8, 4) is 5.75 Å². The molecule has 0 aromatic heterocycles. The van der Waals surface area contributed by atoms with Gasteiger partial charge in [0.25, 0.3) is 0 Å². The number of aryl methyl sites for hydroxylation is 1. The van der Waals surface area contributed by atoms with Crippen LogP contribution < -0.4 is 9.64 Å². The quantitative estimate of drug-likeness (QED) is 0.633. The first-order chi connectivity index (χ1) is 10.2. The summed E-state index contributed by atoms with van der Waals surface area (Å²) in [6.45, 7) is 4.03. The zero-order valence-corrected chi connectivity index (χ0v) is 12.2. The Balaban J connectivity index is 1.82. The summed E-state index contributed by atoms with van der Waals surface area (Å²) in [5.41, 5.74) is 2.76. The van der Waals surface area contributed by atoms with Crippen molar-refractivity contribution >= 4 is 11.7 Å². The van der Waals surface area contributed by atoms with Crippen LogP contribution in [0.4, 0.5) is 5.69 Å². The maximum atomic E-state index is 12.4. The monoisotopic (exact) mass is 281 g/mol. The number of anilines is 1. The van der Waals surface area contributed by atoms with Crippen LogP contribution in [0.1, 0.15) is 28.8 Å². The summed E-state index contributed by atoms with van der Waals surface area (Å²) in [5.74, 6) is 0.295. The molecule has 0 aliphatic carbocycles. The van der Waals surface area contributed by atoms with Crippen LogP contribution in [0, 0.1) is 6.92 Å². The van der Waals surface area contributed by atoms with Gasteiger partial charge in [0.2, 0.25) is 0 Å². The van der Waals surface area contributed by atoms with Crippen molar-refractivity contribution in [2.45, 2.75) is 19.8 Å². The first kappa shape index (κ1) is 13.7. The normalized spacial score (nSPS) is 14.2. The second-order valence-corrected chi connectivity index (χ2v) is 5.41. The predicted molar refractivity (Wildman–Crippen MR) is 84.0 cm³/mol. The highest BCUT2D eigenvalue weighted by Crippen LogP contribution is 2.25. The molecular formula is C18H19NO2. The van der Waals surface area contributed by atoms with E-state index in [1.807, 2.05) is 55.5 Å². The van der Waals surface area contributed by atoms with E-state index < -0.39 is 0 Å². The Hall–Kier alpha value is -2.29. The van der Waals surface area contributed by atoms with Gasteiger partial charge in [0.15, 0.2) is 0 Å². The number of nitrogens with zero attached hydrogens (tertiary/aromatic N) is 1. The zero-order valence-electron chi connectivity index (χ0n) is 12.2. The third kappa shape index (κ3) is 3.07. The van der Waals surface area contributed by atoms with Crippen LogP contribution in [0.15, 0.2) is 48.5 Å². The number of ether oxygens (including phenoxy) is 1. The zero-order chi connectivity index (χ0) is 14.7. The van der Waals surface area contributed by atoms with E-state index in [1.54, 1.807) is 0 Å². The van der Waals surface area contributed by atoms with E-state index in [0.717, 1.165) is 24.3 Å². The number of hydrogen-bond acceptors (Lipinski definition) is 3. The average molecular weight is 281 g/mol. The molecule has 0 saturated carbocycles. The smallest absolute Gasteiger partial charge is 0.345 e. The van der Waals surface area contributed by atoms with E-state index in [9.17, 15) is 4.79 Å². The van der Waals surface area contributed by atoms with Crippen LogP contribution in [-0.2, 0) is 0 Å². The van der Waals surface area contributed by atoms with Gasteiger partial charge in [-0.3, -0.25) is 0 Å². The number of rotatable bonds is 3. The number of benzene rings is 2. The van der Waals surface area contributed by atoms with Gasteiger partial charge in [0.05, 0.1) is 11.3 Å². The molecule has 1 saturated heterocycles. The standard InChI is InChI=1S/C18H19NO2/c1-14-8-10-15(11-9-14)21-18(20)16-6-2-3-7-17(16)19-12-4-5-13-19/h2-3,6-11H,4-5,12-13H2,1H3. The van der Waals surface area contributed by atoms with Gasteiger partial charge < -0.3 is 9.64 Å². The summed E-state index contributed by atoms with van der Waals surface area (Å²) in [6.07, 6.45) is 2.36. The SMILES string of the molecule is Cc1ccc(OC(=O)c2ccccc2N2CCCC2)cc1. The molecule has 1 heterocycles. The molecule has 21 heavy (non-hydrogen) atoms. The maximum Gasteiger partial charge on any atom is 0.345 e. The van der Waals surface area contributed by atoms with Gasteiger partial charge in [-0.25, -0.2) is 4.79 Å². The van der Waals surface area contributed by atoms with Gasteiger partial charge in [-0.05, 0) is 44.0 Å². The second kappa shape index (κ2) is 6.00. The van der Waals surface area contributed by atoms with Crippen molar-refractivity contribution in [1.29, 1.82) is 0 Å². The van der Waals surface area contributed by atoms with Gasteiger partial charge in [-0.15, -0.1) is 0 Å². The Morgan fingerprint density at radius 1 is 1.00 bits per heavy atom. The minimum absolute atomic E-state index is 0.290. The van der Waals surface area contributed by atoms with Gasteiger partial charge in [-0.1, -0.05) is 29.8 Å². The number of esters is 1. The lowest BCUT2D eigenvalue weighted by molar-refractivity contribution is 0.0735. The topological polar surface area (TPSA) is 29.5 Å². The van der Waals surface area contributed by atoms with Crippen LogP contribution in [-0.4, -0.2) is 19.1 Å². The number of carbonyl (C=O) groups excluding carboxylic acids is 1. The molecule has 0 amide bonds. The highest BCUT2D eigenvalue weighted by Gasteiger charge is 2.20. The Morgan fingerprint density at radius 3 is 2.38 bits per heavy atom. The Kier molecular flexibility index (Phi) is 3.91. The van der Waals surface area contributed by atoms with Crippen molar-refractivity contribution in [1.82, 2.24) is 0 Å². The Morgan fingerprint density at radius 2 is 1.67 bits per heavy atom. The van der Waals surface area contributed by atoms with E-state index in [2.05, 4.69) is 4.90 Å². The highest BCUT2D eigenvalue weighted by atomic mass is 16.5. The lowest BCUT2D eigenvalue weighted by Gasteiger charge is -2.20. The van der Waals surface area contributed by atoms with Gasteiger partial charge in [0.1, 0.15) is 5.75 Å². The summed E-state index contributed by atoms with van der Waals surface area (Å²) in [5, 5.41) is 0. The molecule has 0 unspecified atom stereocenters. The fourth-order valence-corrected chi connectivity index (χ4v) is 2.65. The molecule has 2 aromatic rings. The summed E-state index contributed by atoms with van der Waals surface area (Å²) in [4.78, 5) is 14.7. The molecule has 3 rings (SSSR count). The van der Waals surface area contributed by atoms with Crippen LogP contribution >= 0.6 is 0 Å². The van der Waals surface area contributed by atoms with Crippen molar-refractivity contribution < 1.29 is 9.53 Å². The van der Waals surface area contributed by atoms with E-state index in [1.165, 1.54) is 12.8 Å². The van der Waals surface area contributed by atoms with Crippen LogP contribution in [0.25, 0.3) is 0 Å². The second-order valence-electron chi connectivity index (χ2n) is 5.41. The molecule has 3 heteroatoms. The van der Waals surface area contributed by atoms with Gasteiger partial charge >= 0.3 is 5.97 Å². The predicted octanol–water partition coefficient (Wildman–Crippen LogP) is 3.81. The molecule has 1 aliphatic heterocycles. The number of hydrogen-bond donors (Lipinski definition) is 0. The largest absolute Gasteiger partial charge is 0.423 e. The first-order valence-electron chi connectivity index (χ1n) is 7.37. The maximum absolute atomic E-state index is 12.4. The molecule has 0 bridgehead atoms. The fourth-order valence-electron chi connectivity index (χ4n) is 2.65. The third-order valence-electron chi connectivity index (χ3n) is 3.80. The summed E-state index contributed by atoms with van der Waals surface area (Å²) >= 11 is 0. The number of carbonyl (C=O) groups is 1. The van der Waals surface area contributed by atoms with E-state index in [-0.39, 0.29) is 5.97 Å². The molecule has 108 valence electrons. The van der Waals surface area contributed by atoms with Crippen LogP contribution in [0.3, 0.4) is 0 Å². The summed E-state index contributed by atoms with van der Waals surface area (Å²) in [7, 11) is 0. The molecule has 0 N–H and O–H groups in total. The third-order valence-corrected chi connectivity index (χ3v) is 3.80. The van der Waals surface area contributed by atoms with Crippen LogP contribution in [0.2, 0.25) is 0 Å². The average Bonchev–Trinajstić information content (AvgIpc) is 3.04. The first-order valence-corrected chi connectivity index (χ1v) is 7.37. The highest BCUT2D eigenvalue weighted by molar-refractivity contribution is 5.97. The number of para-hydroxylation sites is 1. The van der Waals surface area contributed by atoms with Gasteiger partial charge in [-0.2, -0.15) is 0 Å². The fraction of sp³-hybridized carbons (Fsp3) is 0.278. The molecular weight excluding hydrogens is 262 g/mol. The summed E-state index contributed by atoms with van der Waals surface area (Å²) < 4.78 is 5.49. The van der Waals surface area contributed by atoms with Crippen molar-refractivity contribution in [3.05, 3.63) is 59.7 Å². The van der Waals surface area contributed by atoms with Gasteiger partial charge in [0, 0.05) is 13.1 Å². The molecule has 0 radical (unpaired) electrons. The van der Waals surface area contributed by atoms with Crippen molar-refractivity contribution in [2.24, 2.45) is 0 Å². The summed E-state index contributed by atoms with van der Waals surface area (Å²) in [6, 6.07) is 15.2. The lowest BCUT2D eigenvalue weighted by atomic mass is 10.1. The minimum atomic E-state index is -0.290. The van der Waals surface area contributed by atoms with Crippen molar-refractivity contribution in [2.75, 3.05) is 18.0 Å². The van der Waals surface area contributed by atoms with E-state index >= 15 is 0 Å². The van der Waals surface area contributed by atoms with Crippen LogP contribution in [0.5, 0.6) is 5.75 Å². The molecule has 1 aliphatic rings. The molecule has 3 nitrogen and oxygen atoms in total. The Labute approximate surface area is 125 Å². The molecule has 0 spiro atoms.